The summed E-state index contributed by atoms with van der Waals surface area (Å²) < 4.78 is 18.9. The van der Waals surface area contributed by atoms with Gasteiger partial charge in [0.25, 0.3) is 0 Å². The maximum atomic E-state index is 6.73. The van der Waals surface area contributed by atoms with E-state index in [0.717, 1.165) is 44.8 Å². The molecule has 4 heteroatoms. The summed E-state index contributed by atoms with van der Waals surface area (Å²) >= 11 is 0. The molecule has 0 saturated heterocycles. The van der Waals surface area contributed by atoms with Gasteiger partial charge < -0.3 is 14.2 Å². The SMILES string of the molecule is CCC(C)(C(C)COC(C)(C)C(C)(CC)CCOC(C)(C)C)N1COc2ccc(C)cc2C1. The quantitative estimate of drug-likeness (QED) is 0.344. The van der Waals surface area contributed by atoms with Gasteiger partial charge in [-0.1, -0.05) is 45.4 Å². The molecular formula is C29H51NO3. The fourth-order valence-electron chi connectivity index (χ4n) is 4.76. The molecule has 1 heterocycles. The van der Waals surface area contributed by atoms with Crippen molar-refractivity contribution in [2.24, 2.45) is 11.3 Å². The maximum absolute atomic E-state index is 6.73. The maximum Gasteiger partial charge on any atom is 0.142 e. The van der Waals surface area contributed by atoms with Gasteiger partial charge in [0.05, 0.1) is 17.8 Å². The van der Waals surface area contributed by atoms with Gasteiger partial charge in [-0.3, -0.25) is 4.90 Å². The summed E-state index contributed by atoms with van der Waals surface area (Å²) in [7, 11) is 0. The van der Waals surface area contributed by atoms with Crippen LogP contribution in [0.1, 0.15) is 99.6 Å². The van der Waals surface area contributed by atoms with Crippen LogP contribution in [0.4, 0.5) is 0 Å². The van der Waals surface area contributed by atoms with Crippen molar-refractivity contribution in [2.45, 2.75) is 119 Å². The fourth-order valence-corrected chi connectivity index (χ4v) is 4.76. The lowest BCUT2D eigenvalue weighted by molar-refractivity contribution is -0.145. The Morgan fingerprint density at radius 3 is 2.24 bits per heavy atom. The van der Waals surface area contributed by atoms with Gasteiger partial charge in [0.2, 0.25) is 0 Å². The lowest BCUT2D eigenvalue weighted by Crippen LogP contribution is -2.55. The highest BCUT2D eigenvalue weighted by molar-refractivity contribution is 5.38. The minimum atomic E-state index is -0.242. The van der Waals surface area contributed by atoms with Crippen LogP contribution in [0, 0.1) is 18.3 Å². The zero-order chi connectivity index (χ0) is 25.1. The monoisotopic (exact) mass is 461 g/mol. The van der Waals surface area contributed by atoms with Crippen molar-refractivity contribution in [1.29, 1.82) is 0 Å². The van der Waals surface area contributed by atoms with E-state index >= 15 is 0 Å². The minimum absolute atomic E-state index is 0.00449. The van der Waals surface area contributed by atoms with Crippen LogP contribution in [0.5, 0.6) is 5.75 Å². The van der Waals surface area contributed by atoms with Crippen LogP contribution < -0.4 is 4.74 Å². The smallest absolute Gasteiger partial charge is 0.142 e. The van der Waals surface area contributed by atoms with Crippen molar-refractivity contribution in [3.8, 4) is 5.75 Å². The molecule has 0 bridgehead atoms. The van der Waals surface area contributed by atoms with E-state index in [2.05, 4.69) is 99.3 Å². The molecule has 1 aliphatic heterocycles. The molecule has 1 aromatic carbocycles. The van der Waals surface area contributed by atoms with E-state index in [4.69, 9.17) is 14.2 Å². The Balaban J connectivity index is 2.07. The van der Waals surface area contributed by atoms with Crippen molar-refractivity contribution in [3.63, 3.8) is 0 Å². The van der Waals surface area contributed by atoms with E-state index in [1.807, 2.05) is 0 Å². The predicted molar refractivity (Wildman–Crippen MR) is 139 cm³/mol. The summed E-state index contributed by atoms with van der Waals surface area (Å²) in [4.78, 5) is 2.49. The second-order valence-electron chi connectivity index (χ2n) is 12.1. The van der Waals surface area contributed by atoms with E-state index in [1.165, 1.54) is 11.1 Å². The zero-order valence-electron chi connectivity index (χ0n) is 23.4. The zero-order valence-corrected chi connectivity index (χ0v) is 23.4. The van der Waals surface area contributed by atoms with Crippen LogP contribution in [0.15, 0.2) is 18.2 Å². The van der Waals surface area contributed by atoms with E-state index in [1.54, 1.807) is 0 Å². The summed E-state index contributed by atoms with van der Waals surface area (Å²) in [6.45, 7) is 27.7. The van der Waals surface area contributed by atoms with E-state index in [-0.39, 0.29) is 22.2 Å². The number of ether oxygens (including phenoxy) is 3. The summed E-state index contributed by atoms with van der Waals surface area (Å²) in [5.74, 6) is 1.39. The largest absolute Gasteiger partial charge is 0.478 e. The number of nitrogens with zero attached hydrogens (tertiary/aromatic N) is 1. The Morgan fingerprint density at radius 1 is 1.00 bits per heavy atom. The fraction of sp³-hybridized carbons (Fsp3) is 0.793. The topological polar surface area (TPSA) is 30.9 Å². The number of fused-ring (bicyclic) bond motifs is 1. The number of rotatable bonds is 11. The number of benzene rings is 1. The highest BCUT2D eigenvalue weighted by Gasteiger charge is 2.43. The first-order valence-corrected chi connectivity index (χ1v) is 12.9. The van der Waals surface area contributed by atoms with Gasteiger partial charge in [-0.15, -0.1) is 0 Å². The lowest BCUT2D eigenvalue weighted by Gasteiger charge is -2.49. The molecule has 0 amide bonds. The van der Waals surface area contributed by atoms with E-state index in [0.29, 0.717) is 12.6 Å². The Hall–Kier alpha value is -1.10. The predicted octanol–water partition coefficient (Wildman–Crippen LogP) is 7.37. The highest BCUT2D eigenvalue weighted by Crippen LogP contribution is 2.42. The molecule has 1 aromatic rings. The van der Waals surface area contributed by atoms with E-state index < -0.39 is 0 Å². The molecule has 190 valence electrons. The Kier molecular flexibility index (Phi) is 9.09. The molecule has 0 saturated carbocycles. The Labute approximate surface area is 204 Å². The van der Waals surface area contributed by atoms with Crippen LogP contribution in [-0.2, 0) is 16.0 Å². The second kappa shape index (κ2) is 10.7. The molecule has 0 radical (unpaired) electrons. The number of aryl methyl sites for hydroxylation is 1. The third-order valence-electron chi connectivity index (χ3n) is 8.57. The molecule has 2 rings (SSSR count). The van der Waals surface area contributed by atoms with Gasteiger partial charge in [0.15, 0.2) is 0 Å². The summed E-state index contributed by atoms with van der Waals surface area (Å²) in [5, 5.41) is 0. The number of hydrogen-bond donors (Lipinski definition) is 0. The molecule has 0 spiro atoms. The molecule has 4 nitrogen and oxygen atoms in total. The summed E-state index contributed by atoms with van der Waals surface area (Å²) in [6.07, 6.45) is 3.10. The van der Waals surface area contributed by atoms with Gasteiger partial charge in [0, 0.05) is 24.3 Å². The first-order chi connectivity index (χ1) is 15.2. The molecule has 1 aliphatic rings. The van der Waals surface area contributed by atoms with Crippen LogP contribution in [0.25, 0.3) is 0 Å². The molecule has 0 aromatic heterocycles. The standard InChI is InChI=1S/C29H51NO3/c1-12-28(10,16-17-32-26(5,6)7)27(8,9)33-20-23(4)29(11,13-2)30-19-24-18-22(3)14-15-25(24)31-21-30/h14-15,18,23H,12-13,16-17,19-21H2,1-11H3. The summed E-state index contributed by atoms with van der Waals surface area (Å²) in [5.41, 5.74) is 2.26. The molecule has 0 aliphatic carbocycles. The Morgan fingerprint density at radius 2 is 1.67 bits per heavy atom. The van der Waals surface area contributed by atoms with Crippen molar-refractivity contribution in [2.75, 3.05) is 19.9 Å². The normalized spacial score (nSPS) is 19.8. The van der Waals surface area contributed by atoms with Gasteiger partial charge >= 0.3 is 0 Å². The molecule has 3 unspecified atom stereocenters. The first kappa shape index (κ1) is 28.1. The Bertz CT molecular complexity index is 769. The number of hydrogen-bond acceptors (Lipinski definition) is 4. The van der Waals surface area contributed by atoms with Crippen molar-refractivity contribution < 1.29 is 14.2 Å². The van der Waals surface area contributed by atoms with Crippen molar-refractivity contribution in [3.05, 3.63) is 29.3 Å². The van der Waals surface area contributed by atoms with Gasteiger partial charge in [0.1, 0.15) is 12.5 Å². The van der Waals surface area contributed by atoms with Gasteiger partial charge in [-0.05, 0) is 85.1 Å². The van der Waals surface area contributed by atoms with Crippen LogP contribution in [0.3, 0.4) is 0 Å². The summed E-state index contributed by atoms with van der Waals surface area (Å²) in [6, 6.07) is 6.49. The van der Waals surface area contributed by atoms with Gasteiger partial charge in [-0.2, -0.15) is 0 Å². The third-order valence-corrected chi connectivity index (χ3v) is 8.57. The van der Waals surface area contributed by atoms with Crippen LogP contribution in [0.2, 0.25) is 0 Å². The highest BCUT2D eigenvalue weighted by atomic mass is 16.5. The molecular weight excluding hydrogens is 410 g/mol. The molecule has 0 fully saturated rings. The van der Waals surface area contributed by atoms with Crippen molar-refractivity contribution in [1.82, 2.24) is 4.90 Å². The molecule has 33 heavy (non-hydrogen) atoms. The average molecular weight is 462 g/mol. The molecule has 0 N–H and O–H groups in total. The van der Waals surface area contributed by atoms with Crippen LogP contribution in [-0.4, -0.2) is 41.6 Å². The van der Waals surface area contributed by atoms with Crippen molar-refractivity contribution >= 4 is 0 Å². The lowest BCUT2D eigenvalue weighted by atomic mass is 9.71. The van der Waals surface area contributed by atoms with Crippen LogP contribution >= 0.6 is 0 Å². The van der Waals surface area contributed by atoms with Gasteiger partial charge in [-0.25, -0.2) is 0 Å². The van der Waals surface area contributed by atoms with E-state index in [9.17, 15) is 0 Å². The first-order valence-electron chi connectivity index (χ1n) is 12.9. The molecule has 3 atom stereocenters. The average Bonchev–Trinajstić information content (AvgIpc) is 2.75. The second-order valence-corrected chi connectivity index (χ2v) is 12.1. The minimum Gasteiger partial charge on any atom is -0.478 e. The third kappa shape index (κ3) is 6.74.